The Balaban J connectivity index is 1.59. The van der Waals surface area contributed by atoms with Crippen LogP contribution in [0.2, 0.25) is 0 Å². The van der Waals surface area contributed by atoms with E-state index in [1.54, 1.807) is 0 Å². The molecule has 1 aromatic carbocycles. The zero-order valence-electron chi connectivity index (χ0n) is 13.9. The van der Waals surface area contributed by atoms with Crippen LogP contribution in [-0.2, 0) is 4.79 Å². The van der Waals surface area contributed by atoms with Crippen molar-refractivity contribution in [3.05, 3.63) is 29.8 Å². The lowest BCUT2D eigenvalue weighted by molar-refractivity contribution is -0.127. The predicted molar refractivity (Wildman–Crippen MR) is 96.3 cm³/mol. The van der Waals surface area contributed by atoms with Crippen LogP contribution in [0.4, 0.5) is 0 Å². The van der Waals surface area contributed by atoms with E-state index >= 15 is 0 Å². The molecule has 1 aromatic rings. The Kier molecular flexibility index (Phi) is 6.15. The highest BCUT2D eigenvalue weighted by atomic mass is 32.2. The number of thioether (sulfide) groups is 1. The second-order valence-corrected chi connectivity index (χ2v) is 7.39. The van der Waals surface area contributed by atoms with E-state index in [1.165, 1.54) is 11.8 Å². The van der Waals surface area contributed by atoms with Gasteiger partial charge in [-0.1, -0.05) is 12.1 Å². The van der Waals surface area contributed by atoms with Gasteiger partial charge in [0.05, 0.1) is 11.3 Å². The molecule has 0 aromatic heterocycles. The minimum atomic E-state index is -0.0291. The summed E-state index contributed by atoms with van der Waals surface area (Å²) in [5, 5.41) is 6.43. The fourth-order valence-electron chi connectivity index (χ4n) is 3.21. The molecule has 0 bridgehead atoms. The number of nitrogens with one attached hydrogen (secondary N) is 2. The number of rotatable bonds is 5. The molecule has 2 fully saturated rings. The Morgan fingerprint density at radius 1 is 1.17 bits per heavy atom. The Bertz CT molecular complexity index is 581. The van der Waals surface area contributed by atoms with E-state index in [2.05, 4.69) is 10.6 Å². The van der Waals surface area contributed by atoms with Gasteiger partial charge in [0.25, 0.3) is 5.91 Å². The summed E-state index contributed by atoms with van der Waals surface area (Å²) >= 11 is 1.47. The number of piperidine rings is 1. The first kappa shape index (κ1) is 17.3. The van der Waals surface area contributed by atoms with Crippen LogP contribution in [0.25, 0.3) is 0 Å². The van der Waals surface area contributed by atoms with Crippen molar-refractivity contribution in [2.75, 3.05) is 31.9 Å². The summed E-state index contributed by atoms with van der Waals surface area (Å²) in [6.07, 6.45) is 4.14. The van der Waals surface area contributed by atoms with E-state index in [-0.39, 0.29) is 17.9 Å². The summed E-state index contributed by atoms with van der Waals surface area (Å²) in [4.78, 5) is 27.6. The van der Waals surface area contributed by atoms with Crippen LogP contribution >= 0.6 is 11.8 Å². The fraction of sp³-hybridized carbons (Fsp3) is 0.556. The number of nitrogens with zero attached hydrogens (tertiary/aromatic N) is 1. The Labute approximate surface area is 147 Å². The van der Waals surface area contributed by atoms with Crippen molar-refractivity contribution in [1.82, 2.24) is 15.5 Å². The van der Waals surface area contributed by atoms with Crippen LogP contribution in [0.5, 0.6) is 0 Å². The fourth-order valence-corrected chi connectivity index (χ4v) is 4.16. The highest BCUT2D eigenvalue weighted by molar-refractivity contribution is 8.00. The van der Waals surface area contributed by atoms with Crippen LogP contribution in [0, 0.1) is 0 Å². The Morgan fingerprint density at radius 3 is 2.62 bits per heavy atom. The molecule has 0 spiro atoms. The van der Waals surface area contributed by atoms with Crippen LogP contribution in [0.1, 0.15) is 36.0 Å². The number of hydrogen-bond donors (Lipinski definition) is 2. The highest BCUT2D eigenvalue weighted by Crippen LogP contribution is 2.24. The number of carbonyl (C=O) groups is 2. The molecular weight excluding hydrogens is 322 g/mol. The summed E-state index contributed by atoms with van der Waals surface area (Å²) in [6.45, 7) is 3.64. The summed E-state index contributed by atoms with van der Waals surface area (Å²) < 4.78 is 0. The number of benzene rings is 1. The maximum absolute atomic E-state index is 12.6. The second kappa shape index (κ2) is 8.53. The summed E-state index contributed by atoms with van der Waals surface area (Å²) in [5.74, 6) is 0.544. The lowest BCUT2D eigenvalue weighted by Gasteiger charge is -2.24. The second-order valence-electron chi connectivity index (χ2n) is 6.37. The van der Waals surface area contributed by atoms with Gasteiger partial charge in [-0.2, -0.15) is 0 Å². The van der Waals surface area contributed by atoms with Crippen molar-refractivity contribution in [3.8, 4) is 0 Å². The number of hydrogen-bond acceptors (Lipinski definition) is 4. The van der Waals surface area contributed by atoms with Crippen molar-refractivity contribution >= 4 is 23.6 Å². The zero-order valence-corrected chi connectivity index (χ0v) is 14.7. The van der Waals surface area contributed by atoms with Gasteiger partial charge in [0.2, 0.25) is 5.91 Å². The van der Waals surface area contributed by atoms with E-state index in [4.69, 9.17) is 0 Å². The third kappa shape index (κ3) is 4.51. The average Bonchev–Trinajstić information content (AvgIpc) is 3.15. The molecule has 6 heteroatoms. The molecule has 3 rings (SSSR count). The highest BCUT2D eigenvalue weighted by Gasteiger charge is 2.21. The maximum Gasteiger partial charge on any atom is 0.252 e. The van der Waals surface area contributed by atoms with Gasteiger partial charge >= 0.3 is 0 Å². The lowest BCUT2D eigenvalue weighted by atomic mass is 10.1. The van der Waals surface area contributed by atoms with Gasteiger partial charge in [-0.15, -0.1) is 11.8 Å². The van der Waals surface area contributed by atoms with Gasteiger partial charge in [-0.25, -0.2) is 0 Å². The summed E-state index contributed by atoms with van der Waals surface area (Å²) in [6, 6.07) is 7.81. The van der Waals surface area contributed by atoms with Crippen molar-refractivity contribution in [3.63, 3.8) is 0 Å². The molecule has 5 nitrogen and oxygen atoms in total. The molecule has 0 saturated carbocycles. The van der Waals surface area contributed by atoms with Crippen molar-refractivity contribution < 1.29 is 9.59 Å². The normalized spacial score (nSPS) is 18.6. The van der Waals surface area contributed by atoms with Crippen molar-refractivity contribution in [2.24, 2.45) is 0 Å². The molecular formula is C18H25N3O2S. The third-order valence-electron chi connectivity index (χ3n) is 4.62. The first-order chi connectivity index (χ1) is 11.7. The lowest BCUT2D eigenvalue weighted by Crippen LogP contribution is -2.42. The molecule has 0 radical (unpaired) electrons. The predicted octanol–water partition coefficient (Wildman–Crippen LogP) is 1.88. The molecule has 2 N–H and O–H groups in total. The summed E-state index contributed by atoms with van der Waals surface area (Å²) in [5.41, 5.74) is 0.676. The van der Waals surface area contributed by atoms with Crippen molar-refractivity contribution in [2.45, 2.75) is 36.6 Å². The van der Waals surface area contributed by atoms with Gasteiger partial charge in [0.1, 0.15) is 0 Å². The van der Waals surface area contributed by atoms with Gasteiger partial charge in [0, 0.05) is 24.0 Å². The molecule has 0 unspecified atom stereocenters. The van der Waals surface area contributed by atoms with Crippen molar-refractivity contribution in [1.29, 1.82) is 0 Å². The van der Waals surface area contributed by atoms with E-state index in [9.17, 15) is 9.59 Å². The monoisotopic (exact) mass is 347 g/mol. The molecule has 0 atom stereocenters. The average molecular weight is 347 g/mol. The summed E-state index contributed by atoms with van der Waals surface area (Å²) in [7, 11) is 0. The quantitative estimate of drug-likeness (QED) is 0.799. The van der Waals surface area contributed by atoms with E-state index in [1.807, 2.05) is 29.2 Å². The molecule has 2 aliphatic heterocycles. The molecule has 24 heavy (non-hydrogen) atoms. The first-order valence-electron chi connectivity index (χ1n) is 8.75. The largest absolute Gasteiger partial charge is 0.349 e. The Hall–Kier alpha value is -1.53. The minimum absolute atomic E-state index is 0.0291. The van der Waals surface area contributed by atoms with Crippen LogP contribution in [-0.4, -0.2) is 54.7 Å². The molecule has 2 saturated heterocycles. The van der Waals surface area contributed by atoms with Gasteiger partial charge in [-0.05, 0) is 50.9 Å². The maximum atomic E-state index is 12.6. The van der Waals surface area contributed by atoms with Gasteiger partial charge < -0.3 is 15.5 Å². The van der Waals surface area contributed by atoms with E-state index in [0.717, 1.165) is 56.8 Å². The van der Waals surface area contributed by atoms with Crippen LogP contribution in [0.3, 0.4) is 0 Å². The SMILES string of the molecule is O=C(NC1CCNCC1)c1ccccc1SCC(=O)N1CCCC1. The molecule has 2 heterocycles. The minimum Gasteiger partial charge on any atom is -0.349 e. The number of likely N-dealkylation sites (tertiary alicyclic amines) is 1. The molecule has 2 amide bonds. The number of carbonyl (C=O) groups excluding carboxylic acids is 2. The smallest absolute Gasteiger partial charge is 0.252 e. The van der Waals surface area contributed by atoms with Crippen LogP contribution in [0.15, 0.2) is 29.2 Å². The third-order valence-corrected chi connectivity index (χ3v) is 5.67. The van der Waals surface area contributed by atoms with E-state index in [0.29, 0.717) is 11.3 Å². The molecule has 130 valence electrons. The topological polar surface area (TPSA) is 61.4 Å². The Morgan fingerprint density at radius 2 is 1.88 bits per heavy atom. The molecule has 0 aliphatic carbocycles. The van der Waals surface area contributed by atoms with Gasteiger partial charge in [0.15, 0.2) is 0 Å². The molecule has 2 aliphatic rings. The first-order valence-corrected chi connectivity index (χ1v) is 9.74. The van der Waals surface area contributed by atoms with E-state index < -0.39 is 0 Å². The zero-order chi connectivity index (χ0) is 16.8. The van der Waals surface area contributed by atoms with Gasteiger partial charge in [-0.3, -0.25) is 9.59 Å². The number of amides is 2. The van der Waals surface area contributed by atoms with Crippen LogP contribution < -0.4 is 10.6 Å². The standard InChI is InChI=1S/C18H25N3O2S/c22-17(21-11-3-4-12-21)13-24-16-6-2-1-5-15(16)18(23)20-14-7-9-19-10-8-14/h1-2,5-6,14,19H,3-4,7-13H2,(H,20,23).